The molecule has 0 radical (unpaired) electrons. The van der Waals surface area contributed by atoms with E-state index in [2.05, 4.69) is 0 Å². The van der Waals surface area contributed by atoms with Crippen molar-refractivity contribution in [2.24, 2.45) is 5.92 Å². The van der Waals surface area contributed by atoms with Gasteiger partial charge in [-0.3, -0.25) is 4.79 Å². The SMILES string of the molecule is O=C(O)C[C@@H]1CC[C@@H](O)C1. The first-order chi connectivity index (χ1) is 4.68. The minimum Gasteiger partial charge on any atom is -0.481 e. The lowest BCUT2D eigenvalue weighted by atomic mass is 10.0. The van der Waals surface area contributed by atoms with Crippen LogP contribution in [0.3, 0.4) is 0 Å². The molecule has 0 heterocycles. The summed E-state index contributed by atoms with van der Waals surface area (Å²) in [6.07, 6.45) is 2.29. The fraction of sp³-hybridized carbons (Fsp3) is 0.857. The summed E-state index contributed by atoms with van der Waals surface area (Å²) in [7, 11) is 0. The van der Waals surface area contributed by atoms with E-state index in [9.17, 15) is 4.79 Å². The summed E-state index contributed by atoms with van der Waals surface area (Å²) in [5.74, 6) is -0.536. The number of carboxylic acid groups (broad SMARTS) is 1. The van der Waals surface area contributed by atoms with Gasteiger partial charge in [-0.2, -0.15) is 0 Å². The fourth-order valence-corrected chi connectivity index (χ4v) is 1.48. The van der Waals surface area contributed by atoms with Gasteiger partial charge in [0, 0.05) is 6.42 Å². The number of hydrogen-bond donors (Lipinski definition) is 2. The van der Waals surface area contributed by atoms with Crippen LogP contribution in [0.25, 0.3) is 0 Å². The molecule has 1 aliphatic carbocycles. The maximum absolute atomic E-state index is 10.2. The van der Waals surface area contributed by atoms with E-state index in [0.29, 0.717) is 6.42 Å². The molecular formula is C7H12O3. The molecule has 0 amide bonds. The average Bonchev–Trinajstić information content (AvgIpc) is 2.13. The molecule has 0 bridgehead atoms. The summed E-state index contributed by atoms with van der Waals surface area (Å²) in [4.78, 5) is 10.2. The van der Waals surface area contributed by atoms with Gasteiger partial charge in [-0.15, -0.1) is 0 Å². The van der Waals surface area contributed by atoms with Crippen molar-refractivity contribution in [2.45, 2.75) is 31.8 Å². The van der Waals surface area contributed by atoms with E-state index in [1.54, 1.807) is 0 Å². The van der Waals surface area contributed by atoms with Crippen molar-refractivity contribution < 1.29 is 15.0 Å². The molecule has 0 unspecified atom stereocenters. The highest BCUT2D eigenvalue weighted by Gasteiger charge is 2.24. The number of aliphatic hydroxyl groups is 1. The Labute approximate surface area is 59.7 Å². The summed E-state index contributed by atoms with van der Waals surface area (Å²) >= 11 is 0. The minimum atomic E-state index is -0.751. The highest BCUT2D eigenvalue weighted by Crippen LogP contribution is 2.27. The van der Waals surface area contributed by atoms with Crippen molar-refractivity contribution in [3.05, 3.63) is 0 Å². The lowest BCUT2D eigenvalue weighted by Crippen LogP contribution is -2.05. The van der Waals surface area contributed by atoms with Crippen LogP contribution in [0.1, 0.15) is 25.7 Å². The van der Waals surface area contributed by atoms with Crippen LogP contribution in [0.15, 0.2) is 0 Å². The van der Waals surface area contributed by atoms with E-state index >= 15 is 0 Å². The summed E-state index contributed by atoms with van der Waals surface area (Å²) in [5, 5.41) is 17.4. The molecule has 3 nitrogen and oxygen atoms in total. The van der Waals surface area contributed by atoms with Gasteiger partial charge in [-0.1, -0.05) is 0 Å². The summed E-state index contributed by atoms with van der Waals surface area (Å²) < 4.78 is 0. The number of rotatable bonds is 2. The monoisotopic (exact) mass is 144 g/mol. The molecule has 0 aliphatic heterocycles. The first-order valence-electron chi connectivity index (χ1n) is 3.58. The molecule has 2 N–H and O–H groups in total. The first-order valence-corrected chi connectivity index (χ1v) is 3.58. The van der Waals surface area contributed by atoms with E-state index in [4.69, 9.17) is 10.2 Å². The smallest absolute Gasteiger partial charge is 0.303 e. The second-order valence-corrected chi connectivity index (χ2v) is 2.93. The van der Waals surface area contributed by atoms with Gasteiger partial charge in [0.15, 0.2) is 0 Å². The standard InChI is InChI=1S/C7H12O3/c8-6-2-1-5(3-6)4-7(9)10/h5-6,8H,1-4H2,(H,9,10)/t5-,6-/m1/s1. The van der Waals surface area contributed by atoms with Crippen LogP contribution >= 0.6 is 0 Å². The highest BCUT2D eigenvalue weighted by atomic mass is 16.4. The van der Waals surface area contributed by atoms with Gasteiger partial charge in [0.1, 0.15) is 0 Å². The number of aliphatic carboxylic acids is 1. The number of carboxylic acids is 1. The van der Waals surface area contributed by atoms with Crippen LogP contribution in [0.2, 0.25) is 0 Å². The van der Waals surface area contributed by atoms with Crippen LogP contribution in [0, 0.1) is 5.92 Å². The van der Waals surface area contributed by atoms with Gasteiger partial charge in [-0.05, 0) is 25.2 Å². The molecule has 1 rings (SSSR count). The van der Waals surface area contributed by atoms with Crippen LogP contribution in [0.4, 0.5) is 0 Å². The third-order valence-corrected chi connectivity index (χ3v) is 1.98. The zero-order valence-corrected chi connectivity index (χ0v) is 5.79. The number of aliphatic hydroxyl groups excluding tert-OH is 1. The molecular weight excluding hydrogens is 132 g/mol. The maximum Gasteiger partial charge on any atom is 0.303 e. The Balaban J connectivity index is 2.24. The quantitative estimate of drug-likeness (QED) is 0.597. The lowest BCUT2D eigenvalue weighted by Gasteiger charge is -2.02. The lowest BCUT2D eigenvalue weighted by molar-refractivity contribution is -0.138. The second kappa shape index (κ2) is 3.01. The Bertz CT molecular complexity index is 133. The van der Waals surface area contributed by atoms with Gasteiger partial charge in [-0.25, -0.2) is 0 Å². The van der Waals surface area contributed by atoms with Gasteiger partial charge in [0.2, 0.25) is 0 Å². The third-order valence-electron chi connectivity index (χ3n) is 1.98. The summed E-state index contributed by atoms with van der Waals surface area (Å²) in [5.41, 5.74) is 0. The molecule has 0 saturated heterocycles. The Morgan fingerprint density at radius 3 is 2.60 bits per heavy atom. The Morgan fingerprint density at radius 2 is 2.20 bits per heavy atom. The van der Waals surface area contributed by atoms with Crippen LogP contribution in [0.5, 0.6) is 0 Å². The van der Waals surface area contributed by atoms with Crippen LogP contribution in [-0.4, -0.2) is 22.3 Å². The molecule has 2 atom stereocenters. The molecule has 1 saturated carbocycles. The van der Waals surface area contributed by atoms with E-state index in [0.717, 1.165) is 12.8 Å². The van der Waals surface area contributed by atoms with Gasteiger partial charge in [0.05, 0.1) is 6.10 Å². The normalized spacial score (nSPS) is 32.5. The molecule has 58 valence electrons. The van der Waals surface area contributed by atoms with E-state index in [1.165, 1.54) is 0 Å². The molecule has 0 aromatic heterocycles. The zero-order valence-electron chi connectivity index (χ0n) is 5.79. The Kier molecular flexibility index (Phi) is 2.27. The van der Waals surface area contributed by atoms with E-state index < -0.39 is 5.97 Å². The van der Waals surface area contributed by atoms with Crippen LogP contribution < -0.4 is 0 Å². The molecule has 1 aliphatic rings. The molecule has 0 spiro atoms. The average molecular weight is 144 g/mol. The maximum atomic E-state index is 10.2. The van der Waals surface area contributed by atoms with Crippen molar-refractivity contribution in [1.82, 2.24) is 0 Å². The fourth-order valence-electron chi connectivity index (χ4n) is 1.48. The molecule has 0 aromatic rings. The number of hydrogen-bond acceptors (Lipinski definition) is 2. The van der Waals surface area contributed by atoms with E-state index in [-0.39, 0.29) is 18.4 Å². The molecule has 10 heavy (non-hydrogen) atoms. The van der Waals surface area contributed by atoms with Gasteiger partial charge < -0.3 is 10.2 Å². The van der Waals surface area contributed by atoms with E-state index in [1.807, 2.05) is 0 Å². The minimum absolute atomic E-state index is 0.215. The second-order valence-electron chi connectivity index (χ2n) is 2.93. The third kappa shape index (κ3) is 1.99. The topological polar surface area (TPSA) is 57.5 Å². The molecule has 3 heteroatoms. The first kappa shape index (κ1) is 7.54. The summed E-state index contributed by atoms with van der Waals surface area (Å²) in [6, 6.07) is 0. The molecule has 0 aromatic carbocycles. The van der Waals surface area contributed by atoms with Crippen LogP contribution in [-0.2, 0) is 4.79 Å². The van der Waals surface area contributed by atoms with Gasteiger partial charge >= 0.3 is 5.97 Å². The van der Waals surface area contributed by atoms with Crippen molar-refractivity contribution in [3.63, 3.8) is 0 Å². The Hall–Kier alpha value is -0.570. The highest BCUT2D eigenvalue weighted by molar-refractivity contribution is 5.67. The predicted octanol–water partition coefficient (Wildman–Crippen LogP) is 0.622. The van der Waals surface area contributed by atoms with Crippen molar-refractivity contribution in [2.75, 3.05) is 0 Å². The largest absolute Gasteiger partial charge is 0.481 e. The van der Waals surface area contributed by atoms with Crippen molar-refractivity contribution in [3.8, 4) is 0 Å². The predicted molar refractivity (Wildman–Crippen MR) is 35.6 cm³/mol. The number of carbonyl (C=O) groups is 1. The van der Waals surface area contributed by atoms with Gasteiger partial charge in [0.25, 0.3) is 0 Å². The van der Waals surface area contributed by atoms with Crippen molar-refractivity contribution >= 4 is 5.97 Å². The summed E-state index contributed by atoms with van der Waals surface area (Å²) in [6.45, 7) is 0. The molecule has 1 fully saturated rings. The Morgan fingerprint density at radius 1 is 1.50 bits per heavy atom. The zero-order chi connectivity index (χ0) is 7.56. The van der Waals surface area contributed by atoms with Crippen molar-refractivity contribution in [1.29, 1.82) is 0 Å².